The lowest BCUT2D eigenvalue weighted by Crippen LogP contribution is -2.28. The Bertz CT molecular complexity index is 409. The lowest BCUT2D eigenvalue weighted by Gasteiger charge is -2.20. The minimum atomic E-state index is -0.806. The van der Waals surface area contributed by atoms with Gasteiger partial charge in [-0.15, -0.1) is 0 Å². The smallest absolute Gasteiger partial charge is 0.0471 e. The molecule has 0 heterocycles. The highest BCUT2D eigenvalue weighted by molar-refractivity contribution is 7.85. The quantitative estimate of drug-likeness (QED) is 0.675. The van der Waals surface area contributed by atoms with Crippen molar-refractivity contribution in [3.05, 3.63) is 35.4 Å². The average Bonchev–Trinajstić information content (AvgIpc) is 2.44. The summed E-state index contributed by atoms with van der Waals surface area (Å²) in [6.45, 7) is 5.90. The fourth-order valence-corrected chi connectivity index (χ4v) is 3.46. The van der Waals surface area contributed by atoms with E-state index in [1.165, 1.54) is 11.1 Å². The molecule has 0 aliphatic heterocycles. The van der Waals surface area contributed by atoms with Gasteiger partial charge < -0.3 is 10.1 Å². The van der Waals surface area contributed by atoms with Gasteiger partial charge in [-0.1, -0.05) is 31.2 Å². The lowest BCUT2D eigenvalue weighted by molar-refractivity contribution is 0.200. The van der Waals surface area contributed by atoms with Crippen molar-refractivity contribution >= 4 is 10.8 Å². The summed E-state index contributed by atoms with van der Waals surface area (Å²) < 4.78 is 17.2. The largest absolute Gasteiger partial charge is 0.385 e. The van der Waals surface area contributed by atoms with Crippen LogP contribution in [-0.2, 0) is 15.5 Å². The first-order chi connectivity index (χ1) is 9.69. The molecule has 0 bridgehead atoms. The number of hydrogen-bond acceptors (Lipinski definition) is 3. The number of methoxy groups -OCH3 is 1. The zero-order valence-electron chi connectivity index (χ0n) is 12.9. The van der Waals surface area contributed by atoms with Gasteiger partial charge in [0, 0.05) is 42.1 Å². The fourth-order valence-electron chi connectivity index (χ4n) is 2.19. The zero-order chi connectivity index (χ0) is 14.8. The van der Waals surface area contributed by atoms with Crippen LogP contribution in [0.3, 0.4) is 0 Å². The summed E-state index contributed by atoms with van der Waals surface area (Å²) in [4.78, 5) is 0. The van der Waals surface area contributed by atoms with Gasteiger partial charge in [0.2, 0.25) is 0 Å². The second-order valence-electron chi connectivity index (χ2n) is 5.02. The van der Waals surface area contributed by atoms with Crippen LogP contribution < -0.4 is 5.32 Å². The number of ether oxygens (including phenoxy) is 1. The molecule has 114 valence electrons. The minimum Gasteiger partial charge on any atom is -0.385 e. The second kappa shape index (κ2) is 10.1. The van der Waals surface area contributed by atoms with Crippen LogP contribution in [0.1, 0.15) is 36.9 Å². The molecule has 1 aromatic rings. The Morgan fingerprint density at radius 3 is 2.75 bits per heavy atom. The maximum atomic E-state index is 12.2. The van der Waals surface area contributed by atoms with Crippen LogP contribution in [-0.4, -0.2) is 36.0 Å². The summed E-state index contributed by atoms with van der Waals surface area (Å²) in [5.41, 5.74) is 2.52. The van der Waals surface area contributed by atoms with E-state index in [2.05, 4.69) is 37.4 Å². The molecule has 2 atom stereocenters. The van der Waals surface area contributed by atoms with Gasteiger partial charge in [-0.3, -0.25) is 4.21 Å². The van der Waals surface area contributed by atoms with Gasteiger partial charge in [-0.05, 0) is 37.4 Å². The third-order valence-corrected chi connectivity index (χ3v) is 4.73. The minimum absolute atomic E-state index is 0.180. The van der Waals surface area contributed by atoms with E-state index in [4.69, 9.17) is 4.74 Å². The van der Waals surface area contributed by atoms with Crippen molar-refractivity contribution in [2.75, 3.05) is 31.8 Å². The van der Waals surface area contributed by atoms with E-state index in [9.17, 15) is 4.21 Å². The van der Waals surface area contributed by atoms with E-state index in [0.29, 0.717) is 18.1 Å². The summed E-state index contributed by atoms with van der Waals surface area (Å²) in [6.07, 6.45) is 1.94. The molecule has 0 saturated carbocycles. The van der Waals surface area contributed by atoms with Gasteiger partial charge in [-0.25, -0.2) is 0 Å². The molecule has 0 fully saturated rings. The van der Waals surface area contributed by atoms with Crippen molar-refractivity contribution in [3.8, 4) is 0 Å². The maximum absolute atomic E-state index is 12.2. The lowest BCUT2D eigenvalue weighted by atomic mass is 10.0. The van der Waals surface area contributed by atoms with Crippen LogP contribution in [0.5, 0.6) is 0 Å². The SMILES string of the molecule is CCCNC(CS(=O)CCCOC)c1ccccc1C. The first-order valence-electron chi connectivity index (χ1n) is 7.31. The number of benzene rings is 1. The van der Waals surface area contributed by atoms with Gasteiger partial charge in [-0.2, -0.15) is 0 Å². The van der Waals surface area contributed by atoms with Gasteiger partial charge in [0.15, 0.2) is 0 Å². The van der Waals surface area contributed by atoms with Crippen LogP contribution in [0.4, 0.5) is 0 Å². The van der Waals surface area contributed by atoms with E-state index in [0.717, 1.165) is 19.4 Å². The molecular weight excluding hydrogens is 270 g/mol. The Hall–Kier alpha value is -0.710. The van der Waals surface area contributed by atoms with Crippen molar-refractivity contribution in [1.29, 1.82) is 0 Å². The summed E-state index contributed by atoms with van der Waals surface area (Å²) in [5, 5.41) is 3.52. The number of nitrogens with one attached hydrogen (secondary N) is 1. The molecule has 1 rings (SSSR count). The number of hydrogen-bond donors (Lipinski definition) is 1. The van der Waals surface area contributed by atoms with E-state index in [1.807, 2.05) is 6.07 Å². The summed E-state index contributed by atoms with van der Waals surface area (Å²) >= 11 is 0. The first-order valence-corrected chi connectivity index (χ1v) is 8.80. The zero-order valence-corrected chi connectivity index (χ0v) is 13.7. The third-order valence-electron chi connectivity index (χ3n) is 3.28. The molecule has 0 aliphatic carbocycles. The molecule has 1 N–H and O–H groups in total. The second-order valence-corrected chi connectivity index (χ2v) is 6.64. The molecule has 0 aliphatic rings. The first kappa shape index (κ1) is 17.3. The Morgan fingerprint density at radius 2 is 2.10 bits per heavy atom. The molecule has 2 unspecified atom stereocenters. The van der Waals surface area contributed by atoms with Crippen LogP contribution in [0.15, 0.2) is 24.3 Å². The molecule has 0 spiro atoms. The monoisotopic (exact) mass is 297 g/mol. The van der Waals surface area contributed by atoms with Crippen molar-refractivity contribution in [2.45, 2.75) is 32.7 Å². The van der Waals surface area contributed by atoms with Gasteiger partial charge in [0.1, 0.15) is 0 Å². The summed E-state index contributed by atoms with van der Waals surface area (Å²) in [7, 11) is 0.876. The Morgan fingerprint density at radius 1 is 1.35 bits per heavy atom. The van der Waals surface area contributed by atoms with E-state index in [-0.39, 0.29) is 6.04 Å². The van der Waals surface area contributed by atoms with Crippen LogP contribution in [0.2, 0.25) is 0 Å². The fraction of sp³-hybridized carbons (Fsp3) is 0.625. The van der Waals surface area contributed by atoms with Crippen LogP contribution in [0.25, 0.3) is 0 Å². The van der Waals surface area contributed by atoms with Crippen molar-refractivity contribution in [3.63, 3.8) is 0 Å². The molecule has 0 aromatic heterocycles. The van der Waals surface area contributed by atoms with Crippen molar-refractivity contribution in [2.24, 2.45) is 0 Å². The molecule has 20 heavy (non-hydrogen) atoms. The molecule has 0 radical (unpaired) electrons. The molecule has 1 aromatic carbocycles. The predicted molar refractivity (Wildman–Crippen MR) is 86.6 cm³/mol. The molecular formula is C16H27NO2S. The topological polar surface area (TPSA) is 38.3 Å². The highest BCUT2D eigenvalue weighted by atomic mass is 32.2. The summed E-state index contributed by atoms with van der Waals surface area (Å²) in [6, 6.07) is 8.53. The Kier molecular flexibility index (Phi) is 8.74. The predicted octanol–water partition coefficient (Wildman–Crippen LogP) is 2.82. The van der Waals surface area contributed by atoms with Crippen molar-refractivity contribution < 1.29 is 8.95 Å². The highest BCUT2D eigenvalue weighted by Gasteiger charge is 2.15. The standard InChI is InChI=1S/C16H27NO2S/c1-4-10-17-16(13-20(18)12-7-11-19-3)15-9-6-5-8-14(15)2/h5-6,8-9,16-17H,4,7,10-13H2,1-3H3. The van der Waals surface area contributed by atoms with Gasteiger partial charge in [0.25, 0.3) is 0 Å². The maximum Gasteiger partial charge on any atom is 0.0471 e. The normalized spacial score (nSPS) is 14.2. The van der Waals surface area contributed by atoms with E-state index >= 15 is 0 Å². The highest BCUT2D eigenvalue weighted by Crippen LogP contribution is 2.18. The van der Waals surface area contributed by atoms with Crippen LogP contribution >= 0.6 is 0 Å². The van der Waals surface area contributed by atoms with Crippen molar-refractivity contribution in [1.82, 2.24) is 5.32 Å². The Balaban J connectivity index is 2.65. The summed E-state index contributed by atoms with van der Waals surface area (Å²) in [5.74, 6) is 1.39. The number of aryl methyl sites for hydroxylation is 1. The molecule has 0 amide bonds. The Labute approximate surface area is 125 Å². The molecule has 4 heteroatoms. The van der Waals surface area contributed by atoms with Gasteiger partial charge >= 0.3 is 0 Å². The van der Waals surface area contributed by atoms with E-state index in [1.54, 1.807) is 7.11 Å². The van der Waals surface area contributed by atoms with Crippen LogP contribution in [0, 0.1) is 6.92 Å². The van der Waals surface area contributed by atoms with Gasteiger partial charge in [0.05, 0.1) is 0 Å². The third kappa shape index (κ3) is 6.16. The number of rotatable bonds is 10. The van der Waals surface area contributed by atoms with E-state index < -0.39 is 10.8 Å². The molecule has 3 nitrogen and oxygen atoms in total. The average molecular weight is 297 g/mol. The molecule has 0 saturated heterocycles.